The molecule has 2 nitrogen and oxygen atoms in total. The summed E-state index contributed by atoms with van der Waals surface area (Å²) in [5, 5.41) is 8.90. The molecule has 1 N–H and O–H groups in total. The second-order valence-corrected chi connectivity index (χ2v) is 4.25. The van der Waals surface area contributed by atoms with Crippen molar-refractivity contribution in [2.45, 2.75) is 26.2 Å². The number of carboxylic acids is 1. The number of hydrogen-bond acceptors (Lipinski definition) is 1. The van der Waals surface area contributed by atoms with Crippen LogP contribution < -0.4 is 0 Å². The fraction of sp³-hybridized carbons (Fsp3) is 0.364. The summed E-state index contributed by atoms with van der Waals surface area (Å²) in [7, 11) is 0. The Morgan fingerprint density at radius 3 is 2.36 bits per heavy atom. The Bertz CT molecular complexity index is 364. The van der Waals surface area contributed by atoms with E-state index in [1.54, 1.807) is 0 Å². The van der Waals surface area contributed by atoms with Gasteiger partial charge >= 0.3 is 5.97 Å². The Balaban J connectivity index is 3.38. The zero-order valence-electron chi connectivity index (χ0n) is 8.47. The highest BCUT2D eigenvalue weighted by molar-refractivity contribution is 5.89. The molecule has 0 amide bonds. The Morgan fingerprint density at radius 1 is 1.36 bits per heavy atom. The van der Waals surface area contributed by atoms with Gasteiger partial charge in [-0.3, -0.25) is 0 Å². The Hall–Kier alpha value is -1.38. The van der Waals surface area contributed by atoms with Gasteiger partial charge in [0.1, 0.15) is 5.82 Å². The highest BCUT2D eigenvalue weighted by Gasteiger charge is 2.21. The number of halogens is 1. The van der Waals surface area contributed by atoms with Crippen LogP contribution in [0.25, 0.3) is 0 Å². The molecule has 3 heteroatoms. The number of carbonyl (C=O) groups is 1. The highest BCUT2D eigenvalue weighted by atomic mass is 19.1. The first-order valence-corrected chi connectivity index (χ1v) is 4.35. The summed E-state index contributed by atoms with van der Waals surface area (Å²) in [6.45, 7) is 5.57. The number of rotatable bonds is 1. The van der Waals surface area contributed by atoms with Crippen molar-refractivity contribution in [1.29, 1.82) is 0 Å². The summed E-state index contributed by atoms with van der Waals surface area (Å²) in [5.41, 5.74) is 0.319. The van der Waals surface area contributed by atoms with Gasteiger partial charge in [-0.1, -0.05) is 20.8 Å². The van der Waals surface area contributed by atoms with Crippen LogP contribution in [0.4, 0.5) is 4.39 Å². The van der Waals surface area contributed by atoms with Crippen LogP contribution in [0.15, 0.2) is 18.2 Å². The predicted octanol–water partition coefficient (Wildman–Crippen LogP) is 2.82. The lowest BCUT2D eigenvalue weighted by Gasteiger charge is -2.21. The maximum Gasteiger partial charge on any atom is 0.335 e. The van der Waals surface area contributed by atoms with E-state index in [2.05, 4.69) is 0 Å². The first kappa shape index (κ1) is 10.7. The zero-order chi connectivity index (χ0) is 10.9. The highest BCUT2D eigenvalue weighted by Crippen LogP contribution is 2.26. The first-order chi connectivity index (χ1) is 6.32. The van der Waals surface area contributed by atoms with Gasteiger partial charge in [0.25, 0.3) is 0 Å². The molecule has 0 aromatic heterocycles. The van der Waals surface area contributed by atoms with Gasteiger partial charge in [-0.05, 0) is 29.2 Å². The zero-order valence-corrected chi connectivity index (χ0v) is 8.47. The number of carboxylic acid groups (broad SMARTS) is 1. The summed E-state index contributed by atoms with van der Waals surface area (Å²) >= 11 is 0. The van der Waals surface area contributed by atoms with Crippen molar-refractivity contribution >= 4 is 5.97 Å². The van der Waals surface area contributed by atoms with Crippen molar-refractivity contribution in [3.63, 3.8) is 0 Å². The molecule has 1 rings (SSSR count). The van der Waals surface area contributed by atoms with Gasteiger partial charge in [0, 0.05) is 0 Å². The van der Waals surface area contributed by atoms with Crippen LogP contribution in [0.2, 0.25) is 0 Å². The second kappa shape index (κ2) is 3.40. The van der Waals surface area contributed by atoms with Crippen molar-refractivity contribution in [3.8, 4) is 0 Å². The molecular weight excluding hydrogens is 183 g/mol. The van der Waals surface area contributed by atoms with Crippen molar-refractivity contribution < 1.29 is 14.3 Å². The van der Waals surface area contributed by atoms with E-state index in [1.165, 1.54) is 18.2 Å². The molecule has 0 heterocycles. The van der Waals surface area contributed by atoms with Crippen molar-refractivity contribution in [3.05, 3.63) is 35.1 Å². The predicted molar refractivity (Wildman–Crippen MR) is 52.1 cm³/mol. The van der Waals surface area contributed by atoms with Crippen molar-refractivity contribution in [2.24, 2.45) is 0 Å². The van der Waals surface area contributed by atoms with Gasteiger partial charge in [0.05, 0.1) is 5.56 Å². The lowest BCUT2D eigenvalue weighted by atomic mass is 9.84. The minimum Gasteiger partial charge on any atom is -0.478 e. The van der Waals surface area contributed by atoms with Gasteiger partial charge in [-0.25, -0.2) is 9.18 Å². The smallest absolute Gasteiger partial charge is 0.335 e. The van der Waals surface area contributed by atoms with Crippen LogP contribution in [0.5, 0.6) is 0 Å². The van der Waals surface area contributed by atoms with E-state index in [4.69, 9.17) is 5.11 Å². The standard InChI is InChI=1S/C11H13FO2/c1-11(2,3)9-6-7(12)4-5-8(9)10(13)14/h4-6H,1-3H3,(H,13,14). The fourth-order valence-electron chi connectivity index (χ4n) is 1.32. The van der Waals surface area contributed by atoms with E-state index in [0.717, 1.165) is 0 Å². The lowest BCUT2D eigenvalue weighted by molar-refractivity contribution is 0.0694. The summed E-state index contributed by atoms with van der Waals surface area (Å²) in [6.07, 6.45) is 0. The third-order valence-electron chi connectivity index (χ3n) is 2.02. The molecule has 1 aromatic carbocycles. The molecule has 0 radical (unpaired) electrons. The molecule has 0 spiro atoms. The van der Waals surface area contributed by atoms with E-state index < -0.39 is 11.8 Å². The number of benzene rings is 1. The molecule has 0 saturated carbocycles. The van der Waals surface area contributed by atoms with Gasteiger partial charge in [-0.15, -0.1) is 0 Å². The number of hydrogen-bond donors (Lipinski definition) is 1. The third kappa shape index (κ3) is 2.10. The Morgan fingerprint density at radius 2 is 1.93 bits per heavy atom. The average Bonchev–Trinajstić information content (AvgIpc) is 2.01. The molecule has 14 heavy (non-hydrogen) atoms. The fourth-order valence-corrected chi connectivity index (χ4v) is 1.32. The van der Waals surface area contributed by atoms with Crippen LogP contribution >= 0.6 is 0 Å². The average molecular weight is 196 g/mol. The second-order valence-electron chi connectivity index (χ2n) is 4.25. The van der Waals surface area contributed by atoms with E-state index in [-0.39, 0.29) is 11.0 Å². The largest absolute Gasteiger partial charge is 0.478 e. The van der Waals surface area contributed by atoms with Gasteiger partial charge in [-0.2, -0.15) is 0 Å². The van der Waals surface area contributed by atoms with Crippen molar-refractivity contribution in [1.82, 2.24) is 0 Å². The van der Waals surface area contributed by atoms with Gasteiger partial charge in [0.2, 0.25) is 0 Å². The molecule has 1 aromatic rings. The topological polar surface area (TPSA) is 37.3 Å². The summed E-state index contributed by atoms with van der Waals surface area (Å²) in [6, 6.07) is 3.75. The molecule has 0 bridgehead atoms. The third-order valence-corrected chi connectivity index (χ3v) is 2.02. The quantitative estimate of drug-likeness (QED) is 0.749. The van der Waals surface area contributed by atoms with Crippen LogP contribution in [0.3, 0.4) is 0 Å². The maximum atomic E-state index is 12.9. The molecule has 0 fully saturated rings. The molecule has 0 aliphatic carbocycles. The van der Waals surface area contributed by atoms with Gasteiger partial charge in [0.15, 0.2) is 0 Å². The van der Waals surface area contributed by atoms with Gasteiger partial charge < -0.3 is 5.11 Å². The summed E-state index contributed by atoms with van der Waals surface area (Å²) < 4.78 is 12.9. The van der Waals surface area contributed by atoms with E-state index >= 15 is 0 Å². The Kier molecular flexibility index (Phi) is 2.60. The molecule has 0 atom stereocenters. The normalized spacial score (nSPS) is 11.4. The van der Waals surface area contributed by atoms with E-state index in [0.29, 0.717) is 5.56 Å². The number of aromatic carboxylic acids is 1. The molecule has 0 saturated heterocycles. The first-order valence-electron chi connectivity index (χ1n) is 4.35. The molecule has 76 valence electrons. The van der Waals surface area contributed by atoms with Crippen LogP contribution in [-0.2, 0) is 5.41 Å². The van der Waals surface area contributed by atoms with Crippen LogP contribution in [0.1, 0.15) is 36.7 Å². The summed E-state index contributed by atoms with van der Waals surface area (Å²) in [4.78, 5) is 10.9. The maximum absolute atomic E-state index is 12.9. The van der Waals surface area contributed by atoms with E-state index in [9.17, 15) is 9.18 Å². The minimum absolute atomic E-state index is 0.166. The van der Waals surface area contributed by atoms with Crippen LogP contribution in [-0.4, -0.2) is 11.1 Å². The van der Waals surface area contributed by atoms with Crippen LogP contribution in [0, 0.1) is 5.82 Å². The lowest BCUT2D eigenvalue weighted by Crippen LogP contribution is -2.17. The van der Waals surface area contributed by atoms with E-state index in [1.807, 2.05) is 20.8 Å². The molecule has 0 unspecified atom stereocenters. The Labute approximate surface area is 82.4 Å². The molecule has 0 aliphatic heterocycles. The molecule has 0 aliphatic rings. The molecular formula is C11H13FO2. The van der Waals surface area contributed by atoms with Crippen molar-refractivity contribution in [2.75, 3.05) is 0 Å². The minimum atomic E-state index is -1.02. The SMILES string of the molecule is CC(C)(C)c1cc(F)ccc1C(=O)O. The monoisotopic (exact) mass is 196 g/mol. The summed E-state index contributed by atoms with van der Waals surface area (Å²) in [5.74, 6) is -1.42.